The first-order chi connectivity index (χ1) is 27.0. The van der Waals surface area contributed by atoms with Crippen LogP contribution in [0.1, 0.15) is 25.0 Å². The number of thiophene rings is 1. The summed E-state index contributed by atoms with van der Waals surface area (Å²) in [6.07, 6.45) is 0. The number of anilines is 3. The molecule has 0 atom stereocenters. The first-order valence-electron chi connectivity index (χ1n) is 18.8. The van der Waals surface area contributed by atoms with Crippen LogP contribution >= 0.6 is 11.3 Å². The van der Waals surface area contributed by atoms with E-state index in [1.54, 1.807) is 0 Å². The largest absolute Gasteiger partial charge is 0.456 e. The Morgan fingerprint density at radius 2 is 1.11 bits per heavy atom. The van der Waals surface area contributed by atoms with E-state index in [9.17, 15) is 0 Å². The van der Waals surface area contributed by atoms with Crippen molar-refractivity contribution < 1.29 is 8.83 Å². The number of hydrogen-bond acceptors (Lipinski definition) is 4. The summed E-state index contributed by atoms with van der Waals surface area (Å²) >= 11 is 1.85. The predicted molar refractivity (Wildman–Crippen MR) is 232 cm³/mol. The summed E-state index contributed by atoms with van der Waals surface area (Å²) in [7, 11) is 0. The van der Waals surface area contributed by atoms with Crippen LogP contribution in [0.5, 0.6) is 0 Å². The fraction of sp³-hybridized carbons (Fsp3) is 0.0588. The third-order valence-electron chi connectivity index (χ3n) is 11.9. The van der Waals surface area contributed by atoms with Crippen LogP contribution in [0.3, 0.4) is 0 Å². The normalized spacial score (nSPS) is 13.4. The van der Waals surface area contributed by atoms with E-state index in [4.69, 9.17) is 8.83 Å². The molecule has 0 unspecified atom stereocenters. The van der Waals surface area contributed by atoms with Crippen molar-refractivity contribution in [1.82, 2.24) is 0 Å². The zero-order valence-electron chi connectivity index (χ0n) is 30.3. The molecule has 1 aliphatic carbocycles. The van der Waals surface area contributed by atoms with Gasteiger partial charge >= 0.3 is 0 Å². The summed E-state index contributed by atoms with van der Waals surface area (Å²) in [5.41, 5.74) is 14.3. The Hall–Kier alpha value is -6.62. The van der Waals surface area contributed by atoms with Crippen molar-refractivity contribution in [3.05, 3.63) is 175 Å². The van der Waals surface area contributed by atoms with Crippen molar-refractivity contribution in [2.75, 3.05) is 4.90 Å². The molecular formula is C51H33NO2S. The molecule has 260 valence electrons. The Balaban J connectivity index is 1.09. The second kappa shape index (κ2) is 11.2. The molecule has 0 bridgehead atoms. The zero-order valence-corrected chi connectivity index (χ0v) is 31.1. The highest BCUT2D eigenvalue weighted by molar-refractivity contribution is 7.26. The monoisotopic (exact) mass is 723 g/mol. The van der Waals surface area contributed by atoms with E-state index in [0.717, 1.165) is 72.1 Å². The van der Waals surface area contributed by atoms with Crippen LogP contribution in [0.2, 0.25) is 0 Å². The highest BCUT2D eigenvalue weighted by Gasteiger charge is 2.36. The molecule has 0 aliphatic heterocycles. The highest BCUT2D eigenvalue weighted by Crippen LogP contribution is 2.52. The molecule has 11 aromatic rings. The minimum absolute atomic E-state index is 0.127. The van der Waals surface area contributed by atoms with E-state index in [2.05, 4.69) is 176 Å². The van der Waals surface area contributed by atoms with Crippen molar-refractivity contribution in [3.63, 3.8) is 0 Å². The van der Waals surface area contributed by atoms with Gasteiger partial charge in [-0.1, -0.05) is 117 Å². The van der Waals surface area contributed by atoms with E-state index in [-0.39, 0.29) is 5.41 Å². The van der Waals surface area contributed by atoms with Crippen LogP contribution < -0.4 is 4.90 Å². The van der Waals surface area contributed by atoms with Crippen LogP contribution in [0, 0.1) is 0 Å². The molecular weight excluding hydrogens is 691 g/mol. The lowest BCUT2D eigenvalue weighted by molar-refractivity contribution is 0.660. The molecule has 55 heavy (non-hydrogen) atoms. The third kappa shape index (κ3) is 4.37. The topological polar surface area (TPSA) is 29.5 Å². The van der Waals surface area contributed by atoms with Gasteiger partial charge in [0.25, 0.3) is 0 Å². The molecule has 0 saturated carbocycles. The molecule has 3 nitrogen and oxygen atoms in total. The Kier molecular flexibility index (Phi) is 6.27. The van der Waals surface area contributed by atoms with Crippen molar-refractivity contribution in [1.29, 1.82) is 0 Å². The molecule has 3 heterocycles. The number of fused-ring (bicyclic) bond motifs is 12. The van der Waals surface area contributed by atoms with Gasteiger partial charge in [0.05, 0.1) is 5.69 Å². The smallest absolute Gasteiger partial charge is 0.143 e. The first-order valence-corrected chi connectivity index (χ1v) is 19.6. The van der Waals surface area contributed by atoms with Crippen LogP contribution in [-0.4, -0.2) is 0 Å². The highest BCUT2D eigenvalue weighted by atomic mass is 32.1. The molecule has 0 fully saturated rings. The Bertz CT molecular complexity index is 3360. The third-order valence-corrected chi connectivity index (χ3v) is 13.0. The molecule has 0 N–H and O–H groups in total. The van der Waals surface area contributed by atoms with Gasteiger partial charge in [0.1, 0.15) is 22.3 Å². The van der Waals surface area contributed by atoms with Crippen LogP contribution in [-0.2, 0) is 5.41 Å². The van der Waals surface area contributed by atoms with E-state index < -0.39 is 0 Å². The van der Waals surface area contributed by atoms with Crippen molar-refractivity contribution in [3.8, 4) is 22.3 Å². The maximum Gasteiger partial charge on any atom is 0.143 e. The lowest BCUT2D eigenvalue weighted by atomic mass is 9.82. The second-order valence-corrected chi connectivity index (χ2v) is 16.3. The van der Waals surface area contributed by atoms with E-state index >= 15 is 0 Å². The van der Waals surface area contributed by atoms with Gasteiger partial charge in [0, 0.05) is 64.1 Å². The van der Waals surface area contributed by atoms with Gasteiger partial charge < -0.3 is 13.7 Å². The fourth-order valence-corrected chi connectivity index (χ4v) is 10.4. The van der Waals surface area contributed by atoms with Gasteiger partial charge in [0.2, 0.25) is 0 Å². The Labute approximate surface area is 321 Å². The first kappa shape index (κ1) is 30.8. The minimum Gasteiger partial charge on any atom is -0.456 e. The number of hydrogen-bond donors (Lipinski definition) is 0. The maximum absolute atomic E-state index is 6.70. The standard InChI is InChI=1S/C51H33NO2S/c1-51(2)41-18-8-6-14-34(41)35-24-22-32(27-42(35)51)52(43-19-11-21-48-49(43)37-15-7-9-20-47(37)55-48)31-23-25-44-38(26-31)40-29-46-39(28-45(40)53-44)36-17-10-16-33(50(36)54-46)30-12-4-3-5-13-30/h3-29H,1-2H3. The average Bonchev–Trinajstić information content (AvgIpc) is 3.95. The molecule has 8 aromatic carbocycles. The van der Waals surface area contributed by atoms with E-state index in [1.165, 1.54) is 42.4 Å². The lowest BCUT2D eigenvalue weighted by Gasteiger charge is -2.29. The summed E-state index contributed by atoms with van der Waals surface area (Å²) in [6.45, 7) is 4.70. The summed E-state index contributed by atoms with van der Waals surface area (Å²) in [4.78, 5) is 2.45. The van der Waals surface area contributed by atoms with Crippen molar-refractivity contribution in [2.24, 2.45) is 0 Å². The van der Waals surface area contributed by atoms with Gasteiger partial charge in [-0.2, -0.15) is 0 Å². The number of nitrogens with zero attached hydrogens (tertiary/aromatic N) is 1. The van der Waals surface area contributed by atoms with Crippen molar-refractivity contribution in [2.45, 2.75) is 19.3 Å². The molecule has 12 rings (SSSR count). The molecule has 0 saturated heterocycles. The molecule has 1 aliphatic rings. The van der Waals surface area contributed by atoms with E-state index in [1.807, 2.05) is 17.4 Å². The fourth-order valence-electron chi connectivity index (χ4n) is 9.24. The van der Waals surface area contributed by atoms with Crippen LogP contribution in [0.15, 0.2) is 173 Å². The SMILES string of the molecule is CC1(C)c2ccccc2-c2ccc(N(c3ccc4oc5cc6c(cc5c4c3)oc3c(-c4ccccc4)cccc36)c3cccc4sc5ccccc5c34)cc21. The summed E-state index contributed by atoms with van der Waals surface area (Å²) in [6, 6.07) is 59.2. The van der Waals surface area contributed by atoms with Gasteiger partial charge in [-0.25, -0.2) is 0 Å². The van der Waals surface area contributed by atoms with Gasteiger partial charge in [-0.3, -0.25) is 0 Å². The van der Waals surface area contributed by atoms with E-state index in [0.29, 0.717) is 0 Å². The quantitative estimate of drug-likeness (QED) is 0.181. The lowest BCUT2D eigenvalue weighted by Crippen LogP contribution is -2.16. The van der Waals surface area contributed by atoms with Gasteiger partial charge in [0.15, 0.2) is 0 Å². The maximum atomic E-state index is 6.70. The molecule has 3 aromatic heterocycles. The predicted octanol–water partition coefficient (Wildman–Crippen LogP) is 15.3. The molecule has 4 heteroatoms. The van der Waals surface area contributed by atoms with Crippen LogP contribution in [0.25, 0.3) is 86.3 Å². The molecule has 0 spiro atoms. The average molecular weight is 724 g/mol. The number of rotatable bonds is 4. The molecule has 0 radical (unpaired) electrons. The summed E-state index contributed by atoms with van der Waals surface area (Å²) in [5, 5.41) is 6.77. The van der Waals surface area contributed by atoms with Gasteiger partial charge in [-0.05, 0) is 88.5 Å². The number of furan rings is 2. The van der Waals surface area contributed by atoms with Crippen LogP contribution in [0.4, 0.5) is 17.1 Å². The summed E-state index contributed by atoms with van der Waals surface area (Å²) in [5.74, 6) is 0. The Morgan fingerprint density at radius 1 is 0.455 bits per heavy atom. The van der Waals surface area contributed by atoms with Gasteiger partial charge in [-0.15, -0.1) is 11.3 Å². The molecule has 0 amide bonds. The number of para-hydroxylation sites is 1. The van der Waals surface area contributed by atoms with Crippen molar-refractivity contribution >= 4 is 92.4 Å². The minimum atomic E-state index is -0.127. The summed E-state index contributed by atoms with van der Waals surface area (Å²) < 4.78 is 15.9. The Morgan fingerprint density at radius 3 is 2.02 bits per heavy atom. The number of benzene rings is 8. The zero-order chi connectivity index (χ0) is 36.4. The second-order valence-electron chi connectivity index (χ2n) is 15.3.